The first kappa shape index (κ1) is 17.1. The summed E-state index contributed by atoms with van der Waals surface area (Å²) >= 11 is 0. The molecule has 4 aliphatic carbocycles. The van der Waals surface area contributed by atoms with Crippen LogP contribution in [0.25, 0.3) is 0 Å². The van der Waals surface area contributed by atoms with Gasteiger partial charge in [0.25, 0.3) is 0 Å². The summed E-state index contributed by atoms with van der Waals surface area (Å²) in [6.07, 6.45) is 17.4. The van der Waals surface area contributed by atoms with Crippen LogP contribution in [0.3, 0.4) is 0 Å². The maximum absolute atomic E-state index is 12.5. The third-order valence-corrected chi connectivity index (χ3v) is 8.97. The van der Waals surface area contributed by atoms with E-state index >= 15 is 0 Å². The molecular formula is C23H30O2. The summed E-state index contributed by atoms with van der Waals surface area (Å²) in [7, 11) is 0. The number of hydrogen-bond donors (Lipinski definition) is 0. The molecule has 0 N–H and O–H groups in total. The van der Waals surface area contributed by atoms with Crippen LogP contribution in [0.5, 0.6) is 0 Å². The number of fused-ring (bicyclic) bond motifs is 5. The summed E-state index contributed by atoms with van der Waals surface area (Å²) < 4.78 is 0. The molecule has 0 saturated heterocycles. The van der Waals surface area contributed by atoms with Gasteiger partial charge in [0.15, 0.2) is 5.78 Å². The van der Waals surface area contributed by atoms with Crippen molar-refractivity contribution in [3.8, 4) is 12.3 Å². The van der Waals surface area contributed by atoms with Gasteiger partial charge in [-0.15, -0.1) is 6.42 Å². The molecule has 7 atom stereocenters. The molecule has 0 aromatic heterocycles. The molecule has 0 amide bonds. The second-order valence-electron chi connectivity index (χ2n) is 9.64. The second kappa shape index (κ2) is 5.32. The molecule has 4 aliphatic rings. The van der Waals surface area contributed by atoms with E-state index in [0.29, 0.717) is 34.9 Å². The highest BCUT2D eigenvalue weighted by Gasteiger charge is 2.64. The zero-order chi connectivity index (χ0) is 18.0. The molecule has 134 valence electrons. The Labute approximate surface area is 151 Å². The van der Waals surface area contributed by atoms with Crippen molar-refractivity contribution < 1.29 is 9.59 Å². The van der Waals surface area contributed by atoms with E-state index in [0.717, 1.165) is 38.5 Å². The van der Waals surface area contributed by atoms with Crippen LogP contribution in [-0.2, 0) is 9.59 Å². The summed E-state index contributed by atoms with van der Waals surface area (Å²) in [5.41, 5.74) is -0.561. The maximum Gasteiger partial charge on any atom is 0.152 e. The number of rotatable bonds is 1. The molecule has 2 nitrogen and oxygen atoms in total. The van der Waals surface area contributed by atoms with Crippen LogP contribution in [0.15, 0.2) is 12.2 Å². The first-order valence-corrected chi connectivity index (χ1v) is 9.98. The Morgan fingerprint density at radius 3 is 2.68 bits per heavy atom. The molecule has 0 aromatic rings. The van der Waals surface area contributed by atoms with E-state index in [4.69, 9.17) is 6.42 Å². The molecule has 0 bridgehead atoms. The highest BCUT2D eigenvalue weighted by atomic mass is 16.1. The first-order chi connectivity index (χ1) is 11.8. The summed E-state index contributed by atoms with van der Waals surface area (Å²) in [5, 5.41) is 0. The van der Waals surface area contributed by atoms with Gasteiger partial charge in [-0.2, -0.15) is 0 Å². The summed E-state index contributed by atoms with van der Waals surface area (Å²) in [6.45, 7) is 6.37. The zero-order valence-electron chi connectivity index (χ0n) is 15.8. The highest BCUT2D eigenvalue weighted by Crippen LogP contribution is 2.68. The van der Waals surface area contributed by atoms with Crippen LogP contribution in [-0.4, -0.2) is 11.6 Å². The lowest BCUT2D eigenvalue weighted by atomic mass is 9.43. The molecule has 0 radical (unpaired) electrons. The van der Waals surface area contributed by atoms with Gasteiger partial charge in [-0.1, -0.05) is 31.9 Å². The SMILES string of the molecule is C#C[C@]1(C(C)=O)C=C[C@H]2[C@@H]3CCC4CC(=O)CC[C@]4(C)[C@H]3CC[C@@]21C. The molecule has 3 fully saturated rings. The van der Waals surface area contributed by atoms with E-state index in [1.54, 1.807) is 6.92 Å². The predicted octanol–water partition coefficient (Wildman–Crippen LogP) is 4.58. The highest BCUT2D eigenvalue weighted by molar-refractivity contribution is 5.89. The lowest BCUT2D eigenvalue weighted by Crippen LogP contribution is -2.56. The van der Waals surface area contributed by atoms with Crippen LogP contribution in [0, 0.1) is 52.3 Å². The van der Waals surface area contributed by atoms with Gasteiger partial charge in [0, 0.05) is 18.3 Å². The normalized spacial score (nSPS) is 51.2. The van der Waals surface area contributed by atoms with Gasteiger partial charge in [0.05, 0.1) is 0 Å². The standard InChI is InChI=1S/C23H30O2/c1-5-23(15(2)24)13-10-20-18-7-6-16-14-17(25)8-11-21(16,3)19(18)9-12-22(20,23)4/h1,10,13,16,18-20H,6-9,11-12,14H2,2-4H3/t16?,18-,19+,20+,21+,22+,23-/m1/s1. The van der Waals surface area contributed by atoms with Crippen molar-refractivity contribution in [2.24, 2.45) is 39.9 Å². The lowest BCUT2D eigenvalue weighted by Gasteiger charge is -2.60. The van der Waals surface area contributed by atoms with Crippen molar-refractivity contribution >= 4 is 11.6 Å². The van der Waals surface area contributed by atoms with Gasteiger partial charge in [-0.05, 0) is 68.1 Å². The minimum Gasteiger partial charge on any atom is -0.300 e. The van der Waals surface area contributed by atoms with E-state index in [2.05, 4.69) is 31.9 Å². The number of carbonyl (C=O) groups is 2. The van der Waals surface area contributed by atoms with Crippen molar-refractivity contribution in [3.63, 3.8) is 0 Å². The molecule has 1 unspecified atom stereocenters. The number of terminal acetylenes is 1. The number of Topliss-reactive ketones (excluding diaryl/α,β-unsaturated/α-hetero) is 2. The molecular weight excluding hydrogens is 308 g/mol. The van der Waals surface area contributed by atoms with Gasteiger partial charge in [-0.3, -0.25) is 9.59 Å². The van der Waals surface area contributed by atoms with Crippen LogP contribution in [0.4, 0.5) is 0 Å². The molecule has 0 heterocycles. The van der Waals surface area contributed by atoms with Gasteiger partial charge in [0.1, 0.15) is 11.2 Å². The van der Waals surface area contributed by atoms with Crippen molar-refractivity contribution in [3.05, 3.63) is 12.2 Å². The van der Waals surface area contributed by atoms with Gasteiger partial charge in [-0.25, -0.2) is 0 Å². The molecule has 0 aromatic carbocycles. The van der Waals surface area contributed by atoms with Crippen molar-refractivity contribution in [1.82, 2.24) is 0 Å². The Bertz CT molecular complexity index is 697. The molecule has 0 aliphatic heterocycles. The fourth-order valence-corrected chi connectivity index (χ4v) is 7.38. The zero-order valence-corrected chi connectivity index (χ0v) is 15.8. The van der Waals surface area contributed by atoms with Crippen LogP contribution < -0.4 is 0 Å². The van der Waals surface area contributed by atoms with Crippen molar-refractivity contribution in [1.29, 1.82) is 0 Å². The lowest BCUT2D eigenvalue weighted by molar-refractivity contribution is -0.145. The summed E-state index contributed by atoms with van der Waals surface area (Å²) in [5.74, 6) is 5.74. The number of hydrogen-bond acceptors (Lipinski definition) is 2. The van der Waals surface area contributed by atoms with Crippen LogP contribution in [0.1, 0.15) is 65.7 Å². The first-order valence-electron chi connectivity index (χ1n) is 9.98. The average Bonchev–Trinajstić information content (AvgIpc) is 2.89. The van der Waals surface area contributed by atoms with Gasteiger partial charge < -0.3 is 0 Å². The topological polar surface area (TPSA) is 34.1 Å². The quantitative estimate of drug-likeness (QED) is 0.518. The third-order valence-electron chi connectivity index (χ3n) is 8.97. The predicted molar refractivity (Wildman–Crippen MR) is 98.6 cm³/mol. The Morgan fingerprint density at radius 2 is 2.00 bits per heavy atom. The van der Waals surface area contributed by atoms with Gasteiger partial charge >= 0.3 is 0 Å². The minimum absolute atomic E-state index is 0.123. The van der Waals surface area contributed by atoms with E-state index < -0.39 is 5.41 Å². The van der Waals surface area contributed by atoms with Crippen LogP contribution in [0.2, 0.25) is 0 Å². The Morgan fingerprint density at radius 1 is 1.24 bits per heavy atom. The number of allylic oxidation sites excluding steroid dienone is 2. The van der Waals surface area contributed by atoms with E-state index in [-0.39, 0.29) is 11.2 Å². The molecule has 2 heteroatoms. The molecule has 4 rings (SSSR count). The Kier molecular flexibility index (Phi) is 3.63. The second-order valence-corrected chi connectivity index (χ2v) is 9.64. The maximum atomic E-state index is 12.5. The molecule has 0 spiro atoms. The van der Waals surface area contributed by atoms with Crippen molar-refractivity contribution in [2.75, 3.05) is 0 Å². The van der Waals surface area contributed by atoms with Gasteiger partial charge in [0.2, 0.25) is 0 Å². The number of carbonyl (C=O) groups excluding carboxylic acids is 2. The van der Waals surface area contributed by atoms with E-state index in [9.17, 15) is 9.59 Å². The molecule has 25 heavy (non-hydrogen) atoms. The fraction of sp³-hybridized carbons (Fsp3) is 0.739. The number of ketones is 2. The average molecular weight is 338 g/mol. The largest absolute Gasteiger partial charge is 0.300 e. The smallest absolute Gasteiger partial charge is 0.152 e. The third kappa shape index (κ3) is 1.99. The van der Waals surface area contributed by atoms with E-state index in [1.807, 2.05) is 0 Å². The van der Waals surface area contributed by atoms with E-state index in [1.165, 1.54) is 6.42 Å². The monoisotopic (exact) mass is 338 g/mol. The fourth-order valence-electron chi connectivity index (χ4n) is 7.38. The minimum atomic E-state index is -0.719. The summed E-state index contributed by atoms with van der Waals surface area (Å²) in [6, 6.07) is 0. The Balaban J connectivity index is 1.69. The molecule has 3 saturated carbocycles. The van der Waals surface area contributed by atoms with Crippen LogP contribution >= 0.6 is 0 Å². The Hall–Kier alpha value is -1.36. The summed E-state index contributed by atoms with van der Waals surface area (Å²) in [4.78, 5) is 24.5. The van der Waals surface area contributed by atoms with Crippen molar-refractivity contribution in [2.45, 2.75) is 65.7 Å².